The van der Waals surface area contributed by atoms with Crippen LogP contribution in [0, 0.1) is 17.2 Å². The minimum Gasteiger partial charge on any atom is -0.479 e. The SMILES string of the molecule is CC(C)C(Oc1ccccc1C#N)C(=O)NCc1ccccc1OC(F)(F)F. The van der Waals surface area contributed by atoms with Crippen molar-refractivity contribution in [3.05, 3.63) is 59.7 Å². The summed E-state index contributed by atoms with van der Waals surface area (Å²) >= 11 is 0. The van der Waals surface area contributed by atoms with E-state index < -0.39 is 18.4 Å². The lowest BCUT2D eigenvalue weighted by Crippen LogP contribution is -2.41. The number of benzene rings is 2. The predicted molar refractivity (Wildman–Crippen MR) is 95.4 cm³/mol. The van der Waals surface area contributed by atoms with Crippen LogP contribution in [0.3, 0.4) is 0 Å². The highest BCUT2D eigenvalue weighted by molar-refractivity contribution is 5.81. The van der Waals surface area contributed by atoms with Crippen LogP contribution in [0.5, 0.6) is 11.5 Å². The van der Waals surface area contributed by atoms with Gasteiger partial charge in [0.2, 0.25) is 0 Å². The first kappa shape index (κ1) is 21.1. The molecule has 1 N–H and O–H groups in total. The highest BCUT2D eigenvalue weighted by Crippen LogP contribution is 2.26. The number of nitrogens with one attached hydrogen (secondary N) is 1. The van der Waals surface area contributed by atoms with Gasteiger partial charge in [-0.3, -0.25) is 4.79 Å². The molecule has 0 heterocycles. The van der Waals surface area contributed by atoms with E-state index >= 15 is 0 Å². The van der Waals surface area contributed by atoms with Crippen LogP contribution in [0.1, 0.15) is 25.0 Å². The molecule has 0 saturated heterocycles. The summed E-state index contributed by atoms with van der Waals surface area (Å²) in [6.45, 7) is 3.36. The number of alkyl halides is 3. The van der Waals surface area contributed by atoms with E-state index in [1.54, 1.807) is 44.2 Å². The molecule has 2 aromatic rings. The Kier molecular flexibility index (Phi) is 6.88. The first-order valence-corrected chi connectivity index (χ1v) is 8.48. The fourth-order valence-electron chi connectivity index (χ4n) is 2.45. The number of nitriles is 1. The molecule has 0 bridgehead atoms. The third-order valence-corrected chi connectivity index (χ3v) is 3.78. The topological polar surface area (TPSA) is 71.3 Å². The number of rotatable bonds is 7. The molecule has 0 saturated carbocycles. The second-order valence-electron chi connectivity index (χ2n) is 6.26. The van der Waals surface area contributed by atoms with Crippen LogP contribution in [-0.4, -0.2) is 18.4 Å². The Morgan fingerprint density at radius 1 is 1.11 bits per heavy atom. The van der Waals surface area contributed by atoms with Gasteiger partial charge in [-0.1, -0.05) is 44.2 Å². The first-order valence-electron chi connectivity index (χ1n) is 8.48. The molecule has 5 nitrogen and oxygen atoms in total. The lowest BCUT2D eigenvalue weighted by atomic mass is 10.1. The number of carbonyl (C=O) groups excluding carboxylic acids is 1. The molecular weight excluding hydrogens is 373 g/mol. The molecule has 8 heteroatoms. The van der Waals surface area contributed by atoms with Crippen molar-refractivity contribution < 1.29 is 27.4 Å². The van der Waals surface area contributed by atoms with Crippen molar-refractivity contribution in [1.82, 2.24) is 5.32 Å². The standard InChI is InChI=1S/C20H19F3N2O3/c1-13(2)18(27-16-9-5-3-7-14(16)11-24)19(26)25-12-15-8-4-6-10-17(15)28-20(21,22)23/h3-10,13,18H,12H2,1-2H3,(H,25,26). The lowest BCUT2D eigenvalue weighted by Gasteiger charge is -2.22. The normalized spacial score (nSPS) is 12.2. The second-order valence-corrected chi connectivity index (χ2v) is 6.26. The van der Waals surface area contributed by atoms with Crippen molar-refractivity contribution in [2.24, 2.45) is 5.92 Å². The fraction of sp³-hybridized carbons (Fsp3) is 0.300. The van der Waals surface area contributed by atoms with Crippen molar-refractivity contribution in [2.45, 2.75) is 32.9 Å². The molecule has 148 valence electrons. The molecule has 1 atom stereocenters. The predicted octanol–water partition coefficient (Wildman–Crippen LogP) is 4.18. The smallest absolute Gasteiger partial charge is 0.479 e. The van der Waals surface area contributed by atoms with Crippen molar-refractivity contribution in [1.29, 1.82) is 5.26 Å². The quantitative estimate of drug-likeness (QED) is 0.768. The number of hydrogen-bond donors (Lipinski definition) is 1. The summed E-state index contributed by atoms with van der Waals surface area (Å²) in [5, 5.41) is 11.7. The Hall–Kier alpha value is -3.21. The average Bonchev–Trinajstić information content (AvgIpc) is 2.64. The largest absolute Gasteiger partial charge is 0.573 e. The third-order valence-electron chi connectivity index (χ3n) is 3.78. The molecule has 28 heavy (non-hydrogen) atoms. The number of amides is 1. The van der Waals surface area contributed by atoms with E-state index in [4.69, 9.17) is 10.00 Å². The van der Waals surface area contributed by atoms with Crippen molar-refractivity contribution in [3.8, 4) is 17.6 Å². The molecule has 1 unspecified atom stereocenters. The van der Waals surface area contributed by atoms with E-state index in [-0.39, 0.29) is 35.1 Å². The van der Waals surface area contributed by atoms with Gasteiger partial charge in [0.25, 0.3) is 5.91 Å². The van der Waals surface area contributed by atoms with E-state index in [2.05, 4.69) is 10.1 Å². The molecule has 0 radical (unpaired) electrons. The summed E-state index contributed by atoms with van der Waals surface area (Å²) in [6.07, 6.45) is -5.75. The zero-order chi connectivity index (χ0) is 20.7. The molecule has 0 aliphatic carbocycles. The molecule has 1 amide bonds. The van der Waals surface area contributed by atoms with Crippen molar-refractivity contribution in [3.63, 3.8) is 0 Å². The molecular formula is C20H19F3N2O3. The summed E-state index contributed by atoms with van der Waals surface area (Å²) in [5.41, 5.74) is 0.456. The molecule has 0 aromatic heterocycles. The number of nitrogens with zero attached hydrogens (tertiary/aromatic N) is 1. The van der Waals surface area contributed by atoms with Crippen LogP contribution in [0.25, 0.3) is 0 Å². The minimum atomic E-state index is -4.83. The highest BCUT2D eigenvalue weighted by Gasteiger charge is 2.32. The maximum atomic E-state index is 12.6. The van der Waals surface area contributed by atoms with Gasteiger partial charge < -0.3 is 14.8 Å². The Morgan fingerprint density at radius 3 is 2.32 bits per heavy atom. The van der Waals surface area contributed by atoms with Crippen molar-refractivity contribution in [2.75, 3.05) is 0 Å². The maximum Gasteiger partial charge on any atom is 0.573 e. The van der Waals surface area contributed by atoms with Gasteiger partial charge in [-0.25, -0.2) is 0 Å². The minimum absolute atomic E-state index is 0.169. The number of halogens is 3. The van der Waals surface area contributed by atoms with Gasteiger partial charge in [0.1, 0.15) is 17.6 Å². The maximum absolute atomic E-state index is 12.6. The molecule has 2 rings (SSSR count). The highest BCUT2D eigenvalue weighted by atomic mass is 19.4. The van der Waals surface area contributed by atoms with E-state index in [0.29, 0.717) is 0 Å². The summed E-state index contributed by atoms with van der Waals surface area (Å²) < 4.78 is 47.2. The number of hydrogen-bond acceptors (Lipinski definition) is 4. The Labute approximate surface area is 160 Å². The zero-order valence-electron chi connectivity index (χ0n) is 15.3. The molecule has 2 aromatic carbocycles. The van der Waals surface area contributed by atoms with Crippen LogP contribution in [0.2, 0.25) is 0 Å². The van der Waals surface area contributed by atoms with E-state index in [9.17, 15) is 18.0 Å². The number of ether oxygens (including phenoxy) is 2. The summed E-state index contributed by atoms with van der Waals surface area (Å²) in [4.78, 5) is 12.6. The van der Waals surface area contributed by atoms with E-state index in [1.165, 1.54) is 18.2 Å². The van der Waals surface area contributed by atoms with Crippen LogP contribution in [0.15, 0.2) is 48.5 Å². The average molecular weight is 392 g/mol. The Bertz CT molecular complexity index is 860. The van der Waals surface area contributed by atoms with Crippen LogP contribution < -0.4 is 14.8 Å². The van der Waals surface area contributed by atoms with Gasteiger partial charge in [-0.2, -0.15) is 5.26 Å². The van der Waals surface area contributed by atoms with Crippen LogP contribution >= 0.6 is 0 Å². The lowest BCUT2D eigenvalue weighted by molar-refractivity contribution is -0.274. The Balaban J connectivity index is 2.11. The second kappa shape index (κ2) is 9.13. The summed E-state index contributed by atoms with van der Waals surface area (Å²) in [5.74, 6) is -0.871. The van der Waals surface area contributed by atoms with Crippen LogP contribution in [0.4, 0.5) is 13.2 Å². The monoisotopic (exact) mass is 392 g/mol. The summed E-state index contributed by atoms with van der Waals surface area (Å²) in [6, 6.07) is 14.0. The van der Waals surface area contributed by atoms with E-state index in [1.807, 2.05) is 6.07 Å². The van der Waals surface area contributed by atoms with Crippen molar-refractivity contribution >= 4 is 5.91 Å². The van der Waals surface area contributed by atoms with Gasteiger partial charge in [-0.05, 0) is 24.1 Å². The van der Waals surface area contributed by atoms with Gasteiger partial charge in [0.15, 0.2) is 6.10 Å². The zero-order valence-corrected chi connectivity index (χ0v) is 15.3. The molecule has 0 spiro atoms. The number of para-hydroxylation sites is 2. The van der Waals surface area contributed by atoms with Gasteiger partial charge in [-0.15, -0.1) is 13.2 Å². The third kappa shape index (κ3) is 5.91. The summed E-state index contributed by atoms with van der Waals surface area (Å²) in [7, 11) is 0. The van der Waals surface area contributed by atoms with E-state index in [0.717, 1.165) is 0 Å². The first-order chi connectivity index (χ1) is 13.2. The number of carbonyl (C=O) groups is 1. The van der Waals surface area contributed by atoms with Crippen LogP contribution in [-0.2, 0) is 11.3 Å². The van der Waals surface area contributed by atoms with Gasteiger partial charge in [0, 0.05) is 12.1 Å². The van der Waals surface area contributed by atoms with Gasteiger partial charge >= 0.3 is 6.36 Å². The molecule has 0 aliphatic heterocycles. The molecule has 0 aliphatic rings. The fourth-order valence-corrected chi connectivity index (χ4v) is 2.45. The Morgan fingerprint density at radius 2 is 1.71 bits per heavy atom. The molecule has 0 fully saturated rings. The van der Waals surface area contributed by atoms with Gasteiger partial charge in [0.05, 0.1) is 5.56 Å².